The predicted molar refractivity (Wildman–Crippen MR) is 163 cm³/mol. The smallest absolute Gasteiger partial charge is 0.277 e. The van der Waals surface area contributed by atoms with Crippen LogP contribution in [0.4, 0.5) is 15.8 Å². The number of nitrogens with one attached hydrogen (secondary N) is 2. The van der Waals surface area contributed by atoms with E-state index in [0.717, 1.165) is 5.56 Å². The van der Waals surface area contributed by atoms with Crippen molar-refractivity contribution in [2.45, 2.75) is 25.7 Å². The van der Waals surface area contributed by atoms with Gasteiger partial charge in [-0.2, -0.15) is 0 Å². The Labute approximate surface area is 248 Å². The van der Waals surface area contributed by atoms with Gasteiger partial charge in [-0.3, -0.25) is 19.3 Å². The molecule has 1 unspecified atom stereocenters. The fourth-order valence-electron chi connectivity index (χ4n) is 2.87. The molecule has 0 saturated heterocycles. The van der Waals surface area contributed by atoms with E-state index in [2.05, 4.69) is 78.4 Å². The Kier molecular flexibility index (Phi) is 11.5. The van der Waals surface area contributed by atoms with Crippen LogP contribution >= 0.6 is 67.8 Å². The van der Waals surface area contributed by atoms with Crippen molar-refractivity contribution in [3.05, 3.63) is 59.9 Å². The van der Waals surface area contributed by atoms with E-state index in [1.54, 1.807) is 18.2 Å². The van der Waals surface area contributed by atoms with Crippen LogP contribution in [0.3, 0.4) is 0 Å². The maximum atomic E-state index is 13.1. The molecule has 2 N–H and O–H groups in total. The molecule has 1 atom stereocenters. The van der Waals surface area contributed by atoms with Crippen molar-refractivity contribution in [2.24, 2.45) is 0 Å². The molecule has 0 fully saturated rings. The Morgan fingerprint density at radius 2 is 1.66 bits per heavy atom. The molecular formula is C23H25FI3N3O4S. The van der Waals surface area contributed by atoms with Gasteiger partial charge in [-0.1, -0.05) is 79.9 Å². The maximum absolute atomic E-state index is 13.1. The lowest BCUT2D eigenvalue weighted by Gasteiger charge is -2.35. The zero-order valence-corrected chi connectivity index (χ0v) is 26.5. The zero-order valence-electron chi connectivity index (χ0n) is 19.2. The summed E-state index contributed by atoms with van der Waals surface area (Å²) in [6.07, 6.45) is 0. The first-order valence-electron chi connectivity index (χ1n) is 10.3. The van der Waals surface area contributed by atoms with Gasteiger partial charge in [0.2, 0.25) is 5.91 Å². The predicted octanol–water partition coefficient (Wildman–Crippen LogP) is 4.71. The normalized spacial score (nSPS) is 12.6. The molecule has 7 nitrogen and oxygen atoms in total. The highest BCUT2D eigenvalue weighted by Crippen LogP contribution is 2.45. The molecule has 0 aliphatic rings. The van der Waals surface area contributed by atoms with Gasteiger partial charge in [-0.15, -0.1) is 0 Å². The number of amides is 3. The summed E-state index contributed by atoms with van der Waals surface area (Å²) in [7, 11) is 0. The summed E-state index contributed by atoms with van der Waals surface area (Å²) in [6.45, 7) is 5.39. The molecule has 0 bridgehead atoms. The summed E-state index contributed by atoms with van der Waals surface area (Å²) in [6, 6.07) is 12.3. The number of alkyl halides is 3. The molecule has 0 saturated carbocycles. The highest BCUT2D eigenvalue weighted by atomic mass is 127. The third kappa shape index (κ3) is 9.92. The first-order valence-corrected chi connectivity index (χ1v) is 15.1. The monoisotopic (exact) mass is 839 g/mol. The first-order chi connectivity index (χ1) is 16.2. The molecule has 0 heterocycles. The maximum Gasteiger partial charge on any atom is 0.277 e. The Bertz CT molecular complexity index is 1060. The standard InChI is InChI=1S/C23H25FI3N3O4S/c1-15-5-4-6-18(11-15)30(12-19(31)29-22(2,3)23(25,26)27)21(33)14-35(34)13-20(32)28-17-9-7-16(24)8-10-17/h4-11H,12-14H2,1-3H3,(H,28,32)(H,29,31). The largest absolute Gasteiger partial charge is 0.616 e. The third-order valence-electron chi connectivity index (χ3n) is 4.78. The molecule has 2 rings (SSSR count). The van der Waals surface area contributed by atoms with Crippen molar-refractivity contribution in [1.29, 1.82) is 0 Å². The van der Waals surface area contributed by atoms with Crippen LogP contribution in [-0.2, 0) is 25.6 Å². The number of anilines is 2. The van der Waals surface area contributed by atoms with E-state index in [1.165, 1.54) is 29.2 Å². The van der Waals surface area contributed by atoms with Gasteiger partial charge in [-0.05, 0) is 73.9 Å². The molecule has 2 aromatic carbocycles. The van der Waals surface area contributed by atoms with Gasteiger partial charge < -0.3 is 15.2 Å². The second kappa shape index (κ2) is 13.2. The van der Waals surface area contributed by atoms with Crippen LogP contribution in [0.25, 0.3) is 0 Å². The molecule has 0 spiro atoms. The van der Waals surface area contributed by atoms with Gasteiger partial charge in [0.25, 0.3) is 11.8 Å². The van der Waals surface area contributed by atoms with E-state index < -0.39 is 45.9 Å². The molecule has 0 radical (unpaired) electrons. The van der Waals surface area contributed by atoms with Crippen LogP contribution < -0.4 is 15.5 Å². The van der Waals surface area contributed by atoms with Crippen molar-refractivity contribution in [2.75, 3.05) is 28.3 Å². The molecule has 0 aromatic heterocycles. The second-order valence-corrected chi connectivity index (χ2v) is 20.8. The van der Waals surface area contributed by atoms with Gasteiger partial charge in [-0.25, -0.2) is 4.39 Å². The Hall–Kier alpha value is -0.720. The fourth-order valence-corrected chi connectivity index (χ4v) is 4.17. The van der Waals surface area contributed by atoms with Gasteiger partial charge in [0.05, 0.1) is 5.54 Å². The van der Waals surface area contributed by atoms with Crippen LogP contribution in [0.2, 0.25) is 0 Å². The van der Waals surface area contributed by atoms with Crippen molar-refractivity contribution >= 4 is 108 Å². The number of benzene rings is 2. The van der Waals surface area contributed by atoms with Crippen molar-refractivity contribution in [3.63, 3.8) is 0 Å². The van der Waals surface area contributed by atoms with E-state index in [9.17, 15) is 23.3 Å². The number of nitrogens with zero attached hydrogens (tertiary/aromatic N) is 1. The van der Waals surface area contributed by atoms with Crippen LogP contribution in [-0.4, -0.2) is 45.3 Å². The number of aryl methyl sites for hydroxylation is 1. The van der Waals surface area contributed by atoms with Crippen LogP contribution in [0.5, 0.6) is 0 Å². The summed E-state index contributed by atoms with van der Waals surface area (Å²) < 4.78 is 25.3. The molecular weight excluding hydrogens is 814 g/mol. The molecule has 12 heteroatoms. The fraction of sp³-hybridized carbons (Fsp3) is 0.348. The molecule has 3 amide bonds. The van der Waals surface area contributed by atoms with Crippen molar-refractivity contribution < 1.29 is 23.3 Å². The quantitative estimate of drug-likeness (QED) is 0.206. The SMILES string of the molecule is Cc1cccc(N(CC(=O)NC(C)(C)C(I)(I)I)C(=O)C[S+]([O-])CC(=O)Nc2ccc(F)cc2)c1. The molecule has 2 aromatic rings. The summed E-state index contributed by atoms with van der Waals surface area (Å²) in [4.78, 5) is 39.5. The Morgan fingerprint density at radius 3 is 2.23 bits per heavy atom. The summed E-state index contributed by atoms with van der Waals surface area (Å²) >= 11 is 4.88. The summed E-state index contributed by atoms with van der Waals surface area (Å²) in [5.41, 5.74) is 1.18. The molecule has 190 valence electrons. The van der Waals surface area contributed by atoms with E-state index in [-0.39, 0.29) is 11.9 Å². The van der Waals surface area contributed by atoms with E-state index >= 15 is 0 Å². The van der Waals surface area contributed by atoms with E-state index in [1.807, 2.05) is 26.8 Å². The zero-order chi connectivity index (χ0) is 26.4. The van der Waals surface area contributed by atoms with Crippen LogP contribution in [0, 0.1) is 12.7 Å². The minimum atomic E-state index is -1.82. The average Bonchev–Trinajstić information content (AvgIpc) is 2.72. The number of carbonyl (C=O) groups is 3. The van der Waals surface area contributed by atoms with Gasteiger partial charge in [0.15, 0.2) is 11.5 Å². The molecule has 0 aliphatic carbocycles. The topological polar surface area (TPSA) is 102 Å². The van der Waals surface area contributed by atoms with E-state index in [4.69, 9.17) is 0 Å². The Balaban J connectivity index is 2.09. The Morgan fingerprint density at radius 1 is 1.03 bits per heavy atom. The van der Waals surface area contributed by atoms with Gasteiger partial charge in [0.1, 0.15) is 11.8 Å². The summed E-state index contributed by atoms with van der Waals surface area (Å²) in [5, 5.41) is 5.48. The molecule has 0 aliphatic heterocycles. The molecule has 35 heavy (non-hydrogen) atoms. The highest BCUT2D eigenvalue weighted by Gasteiger charge is 2.40. The van der Waals surface area contributed by atoms with Crippen molar-refractivity contribution in [1.82, 2.24) is 5.32 Å². The van der Waals surface area contributed by atoms with Crippen LogP contribution in [0.15, 0.2) is 48.5 Å². The number of rotatable bonds is 10. The second-order valence-electron chi connectivity index (χ2n) is 8.27. The number of halogens is 4. The lowest BCUT2D eigenvalue weighted by Crippen LogP contribution is -2.55. The lowest BCUT2D eigenvalue weighted by atomic mass is 10.1. The number of carbonyl (C=O) groups excluding carboxylic acids is 3. The van der Waals surface area contributed by atoms with E-state index in [0.29, 0.717) is 11.4 Å². The number of hydrogen-bond acceptors (Lipinski definition) is 4. The minimum Gasteiger partial charge on any atom is -0.616 e. The minimum absolute atomic E-state index is 0.259. The van der Waals surface area contributed by atoms with Crippen LogP contribution in [0.1, 0.15) is 19.4 Å². The van der Waals surface area contributed by atoms with Gasteiger partial charge >= 0.3 is 0 Å². The third-order valence-corrected chi connectivity index (χ3v) is 9.98. The van der Waals surface area contributed by atoms with Crippen molar-refractivity contribution in [3.8, 4) is 0 Å². The first kappa shape index (κ1) is 30.5. The van der Waals surface area contributed by atoms with Gasteiger partial charge in [0, 0.05) is 11.4 Å². The lowest BCUT2D eigenvalue weighted by molar-refractivity contribution is -0.124. The summed E-state index contributed by atoms with van der Waals surface area (Å²) in [5.74, 6) is -2.75. The average molecular weight is 839 g/mol. The highest BCUT2D eigenvalue weighted by molar-refractivity contribution is 14.3. The number of hydrogen-bond donors (Lipinski definition) is 2.